The molecule has 2 aromatic rings. The van der Waals surface area contributed by atoms with Gasteiger partial charge in [-0.05, 0) is 26.0 Å². The van der Waals surface area contributed by atoms with Crippen LogP contribution in [0.4, 0.5) is 5.82 Å². The fraction of sp³-hybridized carbons (Fsp3) is 0.273. The Balaban J connectivity index is 2.49. The summed E-state index contributed by atoms with van der Waals surface area (Å²) in [5, 5.41) is 3.69. The zero-order valence-electron chi connectivity index (χ0n) is 9.18. The van der Waals surface area contributed by atoms with Crippen LogP contribution in [-0.4, -0.2) is 20.6 Å². The maximum absolute atomic E-state index is 6.09. The molecule has 0 amide bonds. The summed E-state index contributed by atoms with van der Waals surface area (Å²) in [7, 11) is 0. The summed E-state index contributed by atoms with van der Waals surface area (Å²) in [5.41, 5.74) is 0.780. The Morgan fingerprint density at radius 2 is 1.94 bits per heavy atom. The highest BCUT2D eigenvalue weighted by atomic mass is 35.5. The SMILES string of the molecule is CC(C)Nc1ncnc(Cl)c1-n1cccc1. The Bertz CT molecular complexity index is 465. The van der Waals surface area contributed by atoms with E-state index in [1.807, 2.05) is 29.1 Å². The molecule has 16 heavy (non-hydrogen) atoms. The van der Waals surface area contributed by atoms with Crippen LogP contribution in [0, 0.1) is 0 Å². The van der Waals surface area contributed by atoms with Crippen molar-refractivity contribution in [3.63, 3.8) is 0 Å². The molecule has 2 rings (SSSR count). The molecule has 1 N–H and O–H groups in total. The Labute approximate surface area is 99.3 Å². The standard InChI is InChI=1S/C11H13ClN4/c1-8(2)15-11-9(10(12)13-7-14-11)16-5-3-4-6-16/h3-8H,1-2H3,(H,13,14,15). The molecule has 4 nitrogen and oxygen atoms in total. The normalized spacial score (nSPS) is 10.8. The predicted octanol–water partition coefficient (Wildman–Crippen LogP) is 2.74. The average molecular weight is 237 g/mol. The predicted molar refractivity (Wildman–Crippen MR) is 65.1 cm³/mol. The van der Waals surface area contributed by atoms with Crippen LogP contribution in [0.2, 0.25) is 5.15 Å². The molecule has 0 saturated carbocycles. The van der Waals surface area contributed by atoms with Crippen LogP contribution in [-0.2, 0) is 0 Å². The Hall–Kier alpha value is -1.55. The molecule has 0 saturated heterocycles. The van der Waals surface area contributed by atoms with E-state index in [-0.39, 0.29) is 0 Å². The number of hydrogen-bond donors (Lipinski definition) is 1. The molecular formula is C11H13ClN4. The summed E-state index contributed by atoms with van der Waals surface area (Å²) < 4.78 is 1.90. The van der Waals surface area contributed by atoms with Crippen molar-refractivity contribution in [1.29, 1.82) is 0 Å². The van der Waals surface area contributed by atoms with Gasteiger partial charge >= 0.3 is 0 Å². The highest BCUT2D eigenvalue weighted by Gasteiger charge is 2.11. The minimum atomic E-state index is 0.292. The van der Waals surface area contributed by atoms with E-state index in [1.54, 1.807) is 0 Å². The van der Waals surface area contributed by atoms with E-state index in [9.17, 15) is 0 Å². The number of nitrogens with one attached hydrogen (secondary N) is 1. The van der Waals surface area contributed by atoms with Crippen LogP contribution < -0.4 is 5.32 Å². The van der Waals surface area contributed by atoms with Crippen molar-refractivity contribution in [2.24, 2.45) is 0 Å². The fourth-order valence-electron chi connectivity index (χ4n) is 1.45. The van der Waals surface area contributed by atoms with Crippen molar-refractivity contribution in [1.82, 2.24) is 14.5 Å². The van der Waals surface area contributed by atoms with Crippen LogP contribution >= 0.6 is 11.6 Å². The molecule has 0 aliphatic rings. The lowest BCUT2D eigenvalue weighted by molar-refractivity contribution is 0.877. The molecule has 0 fully saturated rings. The second-order valence-electron chi connectivity index (χ2n) is 3.75. The highest BCUT2D eigenvalue weighted by Crippen LogP contribution is 2.24. The number of halogens is 1. The van der Waals surface area contributed by atoms with E-state index < -0.39 is 0 Å². The molecule has 0 aliphatic heterocycles. The van der Waals surface area contributed by atoms with Gasteiger partial charge in [0.25, 0.3) is 0 Å². The van der Waals surface area contributed by atoms with Crippen LogP contribution in [0.25, 0.3) is 5.69 Å². The molecule has 0 aliphatic carbocycles. The molecule has 5 heteroatoms. The second kappa shape index (κ2) is 4.53. The Morgan fingerprint density at radius 1 is 1.25 bits per heavy atom. The van der Waals surface area contributed by atoms with E-state index in [0.29, 0.717) is 11.2 Å². The summed E-state index contributed by atoms with van der Waals surface area (Å²) in [6, 6.07) is 4.16. The van der Waals surface area contributed by atoms with Gasteiger partial charge < -0.3 is 9.88 Å². The van der Waals surface area contributed by atoms with Gasteiger partial charge in [0.1, 0.15) is 12.0 Å². The Morgan fingerprint density at radius 3 is 2.56 bits per heavy atom. The van der Waals surface area contributed by atoms with Crippen LogP contribution in [0.1, 0.15) is 13.8 Å². The fourth-order valence-corrected chi connectivity index (χ4v) is 1.68. The highest BCUT2D eigenvalue weighted by molar-refractivity contribution is 6.31. The summed E-state index contributed by atoms with van der Waals surface area (Å²) in [6.07, 6.45) is 5.28. The number of rotatable bonds is 3. The topological polar surface area (TPSA) is 42.7 Å². The quantitative estimate of drug-likeness (QED) is 0.834. The molecule has 0 spiro atoms. The third-order valence-electron chi connectivity index (χ3n) is 2.07. The van der Waals surface area contributed by atoms with Gasteiger partial charge in [-0.25, -0.2) is 9.97 Å². The van der Waals surface area contributed by atoms with Gasteiger partial charge in [0.2, 0.25) is 0 Å². The van der Waals surface area contributed by atoms with Crippen molar-refractivity contribution in [2.45, 2.75) is 19.9 Å². The van der Waals surface area contributed by atoms with Gasteiger partial charge in [0.15, 0.2) is 11.0 Å². The molecular weight excluding hydrogens is 224 g/mol. The molecule has 2 heterocycles. The summed E-state index contributed by atoms with van der Waals surface area (Å²) in [6.45, 7) is 4.10. The first-order valence-electron chi connectivity index (χ1n) is 5.09. The lowest BCUT2D eigenvalue weighted by atomic mass is 10.3. The van der Waals surface area contributed by atoms with Crippen LogP contribution in [0.5, 0.6) is 0 Å². The lowest BCUT2D eigenvalue weighted by Gasteiger charge is -2.14. The molecule has 0 radical (unpaired) electrons. The van der Waals surface area contributed by atoms with Crippen molar-refractivity contribution in [3.8, 4) is 5.69 Å². The van der Waals surface area contributed by atoms with E-state index in [4.69, 9.17) is 11.6 Å². The second-order valence-corrected chi connectivity index (χ2v) is 4.11. The van der Waals surface area contributed by atoms with Gasteiger partial charge in [0, 0.05) is 18.4 Å². The summed E-state index contributed by atoms with van der Waals surface area (Å²) in [4.78, 5) is 8.20. The first kappa shape index (κ1) is 11.0. The molecule has 2 aromatic heterocycles. The van der Waals surface area contributed by atoms with E-state index in [1.165, 1.54) is 6.33 Å². The van der Waals surface area contributed by atoms with Gasteiger partial charge in [-0.3, -0.25) is 0 Å². The lowest BCUT2D eigenvalue weighted by Crippen LogP contribution is -2.14. The van der Waals surface area contributed by atoms with Gasteiger partial charge in [0.05, 0.1) is 0 Å². The van der Waals surface area contributed by atoms with Gasteiger partial charge in [-0.15, -0.1) is 0 Å². The van der Waals surface area contributed by atoms with E-state index >= 15 is 0 Å². The smallest absolute Gasteiger partial charge is 0.158 e. The van der Waals surface area contributed by atoms with Gasteiger partial charge in [-0.2, -0.15) is 0 Å². The molecule has 0 atom stereocenters. The average Bonchev–Trinajstić information content (AvgIpc) is 2.69. The van der Waals surface area contributed by atoms with Gasteiger partial charge in [-0.1, -0.05) is 11.6 Å². The summed E-state index contributed by atoms with van der Waals surface area (Å²) >= 11 is 6.09. The van der Waals surface area contributed by atoms with Crippen molar-refractivity contribution in [3.05, 3.63) is 36.0 Å². The largest absolute Gasteiger partial charge is 0.366 e. The maximum Gasteiger partial charge on any atom is 0.158 e. The Kier molecular flexibility index (Phi) is 3.10. The van der Waals surface area contributed by atoms with Crippen molar-refractivity contribution in [2.75, 3.05) is 5.32 Å². The zero-order valence-corrected chi connectivity index (χ0v) is 9.94. The molecule has 0 unspecified atom stereocenters. The first-order chi connectivity index (χ1) is 7.68. The molecule has 0 bridgehead atoms. The third-order valence-corrected chi connectivity index (χ3v) is 2.34. The zero-order chi connectivity index (χ0) is 11.5. The van der Waals surface area contributed by atoms with E-state index in [0.717, 1.165) is 11.5 Å². The maximum atomic E-state index is 6.09. The number of anilines is 1. The van der Waals surface area contributed by atoms with Crippen molar-refractivity contribution >= 4 is 17.4 Å². The first-order valence-corrected chi connectivity index (χ1v) is 5.46. The van der Waals surface area contributed by atoms with Crippen molar-refractivity contribution < 1.29 is 0 Å². The van der Waals surface area contributed by atoms with Crippen LogP contribution in [0.3, 0.4) is 0 Å². The minimum Gasteiger partial charge on any atom is -0.366 e. The van der Waals surface area contributed by atoms with Crippen LogP contribution in [0.15, 0.2) is 30.9 Å². The number of nitrogens with zero attached hydrogens (tertiary/aromatic N) is 3. The number of aromatic nitrogens is 3. The monoisotopic (exact) mass is 236 g/mol. The van der Waals surface area contributed by atoms with E-state index in [2.05, 4.69) is 29.1 Å². The number of hydrogen-bond acceptors (Lipinski definition) is 3. The third kappa shape index (κ3) is 2.17. The molecule has 84 valence electrons. The minimum absolute atomic E-state index is 0.292. The molecule has 0 aromatic carbocycles. The summed E-state index contributed by atoms with van der Waals surface area (Å²) in [5.74, 6) is 0.742.